The molecule has 0 bridgehead atoms. The Balaban J connectivity index is 2.94. The Kier molecular flexibility index (Phi) is 4.77. The highest BCUT2D eigenvalue weighted by Crippen LogP contribution is 2.25. The van der Waals surface area contributed by atoms with E-state index in [2.05, 4.69) is 13.0 Å². The molecule has 1 aromatic carbocycles. The van der Waals surface area contributed by atoms with Crippen molar-refractivity contribution < 1.29 is 9.84 Å². The number of aliphatic hydroxyl groups is 1. The molecule has 90 valence electrons. The summed E-state index contributed by atoms with van der Waals surface area (Å²) in [7, 11) is 1.68. The summed E-state index contributed by atoms with van der Waals surface area (Å²) in [5.41, 5.74) is 9.22. The Hall–Kier alpha value is -1.06. The fraction of sp³-hybridized carbons (Fsp3) is 0.538. The Labute approximate surface area is 97.2 Å². The molecular formula is C13H21NO2. The summed E-state index contributed by atoms with van der Waals surface area (Å²) < 4.78 is 5.26. The van der Waals surface area contributed by atoms with Crippen molar-refractivity contribution in [3.8, 4) is 5.75 Å². The number of hydrogen-bond donors (Lipinski definition) is 2. The van der Waals surface area contributed by atoms with Crippen molar-refractivity contribution in [3.63, 3.8) is 0 Å². The van der Waals surface area contributed by atoms with Crippen molar-refractivity contribution in [2.45, 2.75) is 20.3 Å². The average molecular weight is 223 g/mol. The van der Waals surface area contributed by atoms with E-state index in [1.165, 1.54) is 11.1 Å². The van der Waals surface area contributed by atoms with Crippen molar-refractivity contribution >= 4 is 0 Å². The van der Waals surface area contributed by atoms with E-state index >= 15 is 0 Å². The zero-order valence-electron chi connectivity index (χ0n) is 10.3. The maximum absolute atomic E-state index is 9.14. The number of benzene rings is 1. The first-order valence-electron chi connectivity index (χ1n) is 5.58. The topological polar surface area (TPSA) is 55.5 Å². The van der Waals surface area contributed by atoms with Crippen LogP contribution in [0.4, 0.5) is 0 Å². The highest BCUT2D eigenvalue weighted by Gasteiger charge is 2.11. The smallest absolute Gasteiger partial charge is 0.122 e. The van der Waals surface area contributed by atoms with E-state index in [0.717, 1.165) is 17.7 Å². The van der Waals surface area contributed by atoms with Gasteiger partial charge in [0, 0.05) is 6.61 Å². The molecule has 16 heavy (non-hydrogen) atoms. The summed E-state index contributed by atoms with van der Waals surface area (Å²) >= 11 is 0. The highest BCUT2D eigenvalue weighted by molar-refractivity contribution is 5.43. The number of methoxy groups -OCH3 is 1. The van der Waals surface area contributed by atoms with Gasteiger partial charge in [-0.05, 0) is 55.5 Å². The number of rotatable bonds is 5. The van der Waals surface area contributed by atoms with Crippen molar-refractivity contribution in [2.75, 3.05) is 20.3 Å². The third-order valence-corrected chi connectivity index (χ3v) is 3.17. The van der Waals surface area contributed by atoms with E-state index in [0.29, 0.717) is 6.54 Å². The van der Waals surface area contributed by atoms with Crippen LogP contribution in [0.2, 0.25) is 0 Å². The van der Waals surface area contributed by atoms with Crippen LogP contribution in [0.15, 0.2) is 12.1 Å². The molecule has 1 rings (SSSR count). The second-order valence-electron chi connectivity index (χ2n) is 4.17. The molecule has 0 aliphatic heterocycles. The first-order valence-corrected chi connectivity index (χ1v) is 5.58. The fourth-order valence-electron chi connectivity index (χ4n) is 1.83. The van der Waals surface area contributed by atoms with Gasteiger partial charge in [0.05, 0.1) is 7.11 Å². The number of aliphatic hydroxyl groups excluding tert-OH is 1. The van der Waals surface area contributed by atoms with Gasteiger partial charge < -0.3 is 15.6 Å². The Morgan fingerprint density at radius 1 is 1.31 bits per heavy atom. The average Bonchev–Trinajstić information content (AvgIpc) is 2.31. The largest absolute Gasteiger partial charge is 0.496 e. The summed E-state index contributed by atoms with van der Waals surface area (Å²) in [5, 5.41) is 9.14. The van der Waals surface area contributed by atoms with Crippen molar-refractivity contribution in [1.29, 1.82) is 0 Å². The fourth-order valence-corrected chi connectivity index (χ4v) is 1.83. The zero-order valence-corrected chi connectivity index (χ0v) is 10.3. The maximum Gasteiger partial charge on any atom is 0.122 e. The van der Waals surface area contributed by atoms with Crippen molar-refractivity contribution in [1.82, 2.24) is 0 Å². The summed E-state index contributed by atoms with van der Waals surface area (Å²) in [4.78, 5) is 0. The predicted octanol–water partition coefficient (Wildman–Crippen LogP) is 1.42. The molecule has 0 amide bonds. The molecular weight excluding hydrogens is 202 g/mol. The minimum atomic E-state index is 0.140. The van der Waals surface area contributed by atoms with Crippen LogP contribution in [0.1, 0.15) is 16.7 Å². The van der Waals surface area contributed by atoms with Crippen LogP contribution < -0.4 is 10.5 Å². The quantitative estimate of drug-likeness (QED) is 0.793. The lowest BCUT2D eigenvalue weighted by Crippen LogP contribution is -2.20. The lowest BCUT2D eigenvalue weighted by Gasteiger charge is -2.16. The van der Waals surface area contributed by atoms with Gasteiger partial charge in [-0.3, -0.25) is 0 Å². The normalized spacial score (nSPS) is 12.6. The van der Waals surface area contributed by atoms with E-state index in [9.17, 15) is 0 Å². The highest BCUT2D eigenvalue weighted by atomic mass is 16.5. The molecule has 1 atom stereocenters. The Morgan fingerprint density at radius 3 is 2.50 bits per heavy atom. The van der Waals surface area contributed by atoms with Crippen molar-refractivity contribution in [3.05, 3.63) is 28.8 Å². The van der Waals surface area contributed by atoms with Gasteiger partial charge in [0.2, 0.25) is 0 Å². The summed E-state index contributed by atoms with van der Waals surface area (Å²) in [5.74, 6) is 1.06. The minimum absolute atomic E-state index is 0.140. The second kappa shape index (κ2) is 5.87. The Morgan fingerprint density at radius 2 is 2.00 bits per heavy atom. The molecule has 0 fully saturated rings. The molecule has 0 spiro atoms. The van der Waals surface area contributed by atoms with E-state index in [4.69, 9.17) is 15.6 Å². The monoisotopic (exact) mass is 223 g/mol. The predicted molar refractivity (Wildman–Crippen MR) is 65.8 cm³/mol. The van der Waals surface area contributed by atoms with Crippen LogP contribution in [0, 0.1) is 19.8 Å². The lowest BCUT2D eigenvalue weighted by atomic mass is 9.94. The number of ether oxygens (including phenoxy) is 1. The van der Waals surface area contributed by atoms with Gasteiger partial charge in [-0.25, -0.2) is 0 Å². The third-order valence-electron chi connectivity index (χ3n) is 3.17. The molecule has 0 aromatic heterocycles. The van der Waals surface area contributed by atoms with Gasteiger partial charge in [-0.2, -0.15) is 0 Å². The van der Waals surface area contributed by atoms with Gasteiger partial charge >= 0.3 is 0 Å². The summed E-state index contributed by atoms with van der Waals surface area (Å²) in [6.07, 6.45) is 0.823. The third kappa shape index (κ3) is 2.74. The van der Waals surface area contributed by atoms with E-state index in [1.54, 1.807) is 7.11 Å². The van der Waals surface area contributed by atoms with Gasteiger partial charge in [0.1, 0.15) is 5.75 Å². The second-order valence-corrected chi connectivity index (χ2v) is 4.17. The molecule has 1 aromatic rings. The van der Waals surface area contributed by atoms with Crippen LogP contribution in [-0.2, 0) is 6.42 Å². The number of hydrogen-bond acceptors (Lipinski definition) is 3. The molecule has 0 saturated carbocycles. The van der Waals surface area contributed by atoms with E-state index in [-0.39, 0.29) is 12.5 Å². The first-order chi connectivity index (χ1) is 7.63. The first kappa shape index (κ1) is 13.0. The number of nitrogens with two attached hydrogens (primary N) is 1. The zero-order chi connectivity index (χ0) is 12.1. The van der Waals surface area contributed by atoms with E-state index < -0.39 is 0 Å². The van der Waals surface area contributed by atoms with Crippen LogP contribution >= 0.6 is 0 Å². The lowest BCUT2D eigenvalue weighted by molar-refractivity contribution is 0.229. The maximum atomic E-state index is 9.14. The molecule has 0 aliphatic rings. The molecule has 1 unspecified atom stereocenters. The molecule has 0 aliphatic carbocycles. The van der Waals surface area contributed by atoms with Crippen LogP contribution in [0.25, 0.3) is 0 Å². The molecule has 3 N–H and O–H groups in total. The van der Waals surface area contributed by atoms with Gasteiger partial charge in [-0.1, -0.05) is 6.07 Å². The molecule has 0 radical (unpaired) electrons. The van der Waals surface area contributed by atoms with Crippen LogP contribution in [0.5, 0.6) is 5.75 Å². The van der Waals surface area contributed by atoms with E-state index in [1.807, 2.05) is 13.0 Å². The molecule has 3 heteroatoms. The van der Waals surface area contributed by atoms with Gasteiger partial charge in [0.15, 0.2) is 0 Å². The van der Waals surface area contributed by atoms with Gasteiger partial charge in [0.25, 0.3) is 0 Å². The van der Waals surface area contributed by atoms with Crippen LogP contribution in [0.3, 0.4) is 0 Å². The van der Waals surface area contributed by atoms with Crippen molar-refractivity contribution in [2.24, 2.45) is 11.7 Å². The molecule has 0 saturated heterocycles. The summed E-state index contributed by atoms with van der Waals surface area (Å²) in [6, 6.07) is 4.03. The minimum Gasteiger partial charge on any atom is -0.496 e. The summed E-state index contributed by atoms with van der Waals surface area (Å²) in [6.45, 7) is 4.79. The Bertz CT molecular complexity index is 346. The standard InChI is InChI=1S/C13H21NO2/c1-9-10(2)13(16-3)5-4-12(9)6-11(7-14)8-15/h4-5,11,15H,6-8,14H2,1-3H3. The van der Waals surface area contributed by atoms with Gasteiger partial charge in [-0.15, -0.1) is 0 Å². The van der Waals surface area contributed by atoms with Crippen LogP contribution in [-0.4, -0.2) is 25.4 Å². The molecule has 0 heterocycles. The SMILES string of the molecule is COc1ccc(CC(CN)CO)c(C)c1C. The molecule has 3 nitrogen and oxygen atoms in total.